The number of hydrogen-bond acceptors (Lipinski definition) is 8. The van der Waals surface area contributed by atoms with Crippen molar-refractivity contribution in [1.29, 1.82) is 0 Å². The third kappa shape index (κ3) is 5.14. The summed E-state index contributed by atoms with van der Waals surface area (Å²) in [5.74, 6) is -0.0837. The Labute approximate surface area is 221 Å². The van der Waals surface area contributed by atoms with E-state index >= 15 is 0 Å². The van der Waals surface area contributed by atoms with Gasteiger partial charge in [-0.1, -0.05) is 6.07 Å². The second-order valence-electron chi connectivity index (χ2n) is 10.6. The molecule has 3 heterocycles. The van der Waals surface area contributed by atoms with Gasteiger partial charge in [0.25, 0.3) is 0 Å². The fourth-order valence-electron chi connectivity index (χ4n) is 4.80. The molecular formula is C29H32N4O5. The van der Waals surface area contributed by atoms with Crippen LogP contribution in [0.25, 0.3) is 21.8 Å². The summed E-state index contributed by atoms with van der Waals surface area (Å²) in [6, 6.07) is 11.5. The Morgan fingerprint density at radius 2 is 1.89 bits per heavy atom. The zero-order valence-electron chi connectivity index (χ0n) is 22.4. The van der Waals surface area contributed by atoms with Crippen molar-refractivity contribution in [3.8, 4) is 5.75 Å². The lowest BCUT2D eigenvalue weighted by Gasteiger charge is -2.23. The number of hydrogen-bond donors (Lipinski definition) is 0. The van der Waals surface area contributed by atoms with Crippen LogP contribution in [-0.4, -0.2) is 52.1 Å². The van der Waals surface area contributed by atoms with E-state index in [4.69, 9.17) is 14.2 Å². The van der Waals surface area contributed by atoms with E-state index in [1.54, 1.807) is 51.2 Å². The van der Waals surface area contributed by atoms with Crippen molar-refractivity contribution in [1.82, 2.24) is 14.8 Å². The lowest BCUT2D eigenvalue weighted by Crippen LogP contribution is -2.27. The molecule has 0 spiro atoms. The number of nitrogens with zero attached hydrogens (tertiary/aromatic N) is 4. The second kappa shape index (κ2) is 9.96. The van der Waals surface area contributed by atoms with Crippen molar-refractivity contribution >= 4 is 39.6 Å². The van der Waals surface area contributed by atoms with Crippen LogP contribution in [0.15, 0.2) is 48.8 Å². The molecule has 1 fully saturated rings. The largest absolute Gasteiger partial charge is 0.496 e. The minimum absolute atomic E-state index is 0.0527. The summed E-state index contributed by atoms with van der Waals surface area (Å²) in [5, 5.41) is 5.75. The van der Waals surface area contributed by atoms with Crippen LogP contribution >= 0.6 is 0 Å². The van der Waals surface area contributed by atoms with Gasteiger partial charge in [0.2, 0.25) is 0 Å². The van der Waals surface area contributed by atoms with Gasteiger partial charge in [0.05, 0.1) is 36.2 Å². The van der Waals surface area contributed by atoms with Crippen molar-refractivity contribution in [3.63, 3.8) is 0 Å². The molecule has 38 heavy (non-hydrogen) atoms. The van der Waals surface area contributed by atoms with E-state index in [0.717, 1.165) is 46.9 Å². The van der Waals surface area contributed by atoms with Crippen LogP contribution < -0.4 is 9.64 Å². The van der Waals surface area contributed by atoms with E-state index in [1.165, 1.54) is 11.8 Å². The Balaban J connectivity index is 1.34. The van der Waals surface area contributed by atoms with Gasteiger partial charge >= 0.3 is 12.1 Å². The van der Waals surface area contributed by atoms with Crippen LogP contribution in [0.4, 0.5) is 10.5 Å². The first-order chi connectivity index (χ1) is 18.1. The lowest BCUT2D eigenvalue weighted by molar-refractivity contribution is 0.0468. The van der Waals surface area contributed by atoms with E-state index in [2.05, 4.69) is 28.0 Å². The Hall–Kier alpha value is -4.14. The Kier molecular flexibility index (Phi) is 6.69. The van der Waals surface area contributed by atoms with Crippen LogP contribution in [0.2, 0.25) is 0 Å². The summed E-state index contributed by atoms with van der Waals surface area (Å²) >= 11 is 0. The van der Waals surface area contributed by atoms with E-state index in [-0.39, 0.29) is 6.61 Å². The highest BCUT2D eigenvalue weighted by atomic mass is 16.6. The summed E-state index contributed by atoms with van der Waals surface area (Å²) in [7, 11) is 1.52. The van der Waals surface area contributed by atoms with Gasteiger partial charge in [0, 0.05) is 29.4 Å². The number of methoxy groups -OCH3 is 1. The first kappa shape index (κ1) is 25.5. The molecule has 0 unspecified atom stereocenters. The number of anilines is 1. The van der Waals surface area contributed by atoms with Crippen LogP contribution in [0.1, 0.15) is 56.5 Å². The van der Waals surface area contributed by atoms with Crippen molar-refractivity contribution in [2.45, 2.75) is 58.8 Å². The molecule has 2 aromatic carbocycles. The zero-order chi connectivity index (χ0) is 27.0. The molecule has 0 radical (unpaired) electrons. The van der Waals surface area contributed by atoms with E-state index < -0.39 is 17.7 Å². The number of ether oxygens (including phenoxy) is 3. The quantitative estimate of drug-likeness (QED) is 0.311. The number of esters is 1. The molecule has 1 aliphatic rings. The molecule has 0 aliphatic carbocycles. The maximum atomic E-state index is 13.1. The summed E-state index contributed by atoms with van der Waals surface area (Å²) in [6.07, 6.45) is 5.23. The topological polar surface area (TPSA) is 95.8 Å². The molecular weight excluding hydrogens is 484 g/mol. The summed E-state index contributed by atoms with van der Waals surface area (Å²) in [6.45, 7) is 8.68. The fourth-order valence-corrected chi connectivity index (χ4v) is 4.80. The number of pyridine rings is 1. The molecule has 1 atom stereocenters. The normalized spacial score (nSPS) is 15.7. The molecule has 0 amide bonds. The maximum absolute atomic E-state index is 13.1. The molecule has 2 aromatic heterocycles. The Bertz CT molecular complexity index is 1520. The van der Waals surface area contributed by atoms with Gasteiger partial charge in [-0.25, -0.2) is 9.59 Å². The molecule has 0 saturated carbocycles. The van der Waals surface area contributed by atoms with Crippen LogP contribution in [0, 0.1) is 0 Å². The fraction of sp³-hybridized carbons (Fsp3) is 0.379. The molecule has 9 heteroatoms. The monoisotopic (exact) mass is 516 g/mol. The first-order valence-corrected chi connectivity index (χ1v) is 12.7. The molecule has 1 saturated heterocycles. The molecule has 9 nitrogen and oxygen atoms in total. The first-order valence-electron chi connectivity index (χ1n) is 12.7. The van der Waals surface area contributed by atoms with Gasteiger partial charge in [0.15, 0.2) is 0 Å². The number of carbonyl (C=O) groups is 2. The minimum atomic E-state index is -0.627. The molecule has 0 bridgehead atoms. The number of benzene rings is 2. The maximum Gasteiger partial charge on any atom is 0.435 e. The average Bonchev–Trinajstić information content (AvgIpc) is 3.50. The van der Waals surface area contributed by atoms with E-state index in [0.29, 0.717) is 22.9 Å². The summed E-state index contributed by atoms with van der Waals surface area (Å²) < 4.78 is 17.8. The van der Waals surface area contributed by atoms with Crippen LogP contribution in [0.3, 0.4) is 0 Å². The lowest BCUT2D eigenvalue weighted by atomic mass is 10.1. The Morgan fingerprint density at radius 1 is 1.08 bits per heavy atom. The van der Waals surface area contributed by atoms with Gasteiger partial charge in [0.1, 0.15) is 23.5 Å². The number of fused-ring (bicyclic) bond motifs is 2. The van der Waals surface area contributed by atoms with Crippen molar-refractivity contribution < 1.29 is 23.8 Å². The van der Waals surface area contributed by atoms with E-state index in [1.807, 2.05) is 12.3 Å². The summed E-state index contributed by atoms with van der Waals surface area (Å²) in [4.78, 5) is 32.5. The molecule has 198 valence electrons. The van der Waals surface area contributed by atoms with Gasteiger partial charge < -0.3 is 19.1 Å². The SMILES string of the molecule is COc1cc2ncc(N3CCC[C@@H]3C)cc2cc1C(=O)OCc1ccc2c(cnn2C(=O)OC(C)(C)C)c1. The van der Waals surface area contributed by atoms with Gasteiger partial charge in [-0.05, 0) is 70.4 Å². The molecule has 4 aromatic rings. The third-order valence-electron chi connectivity index (χ3n) is 6.66. The zero-order valence-corrected chi connectivity index (χ0v) is 22.4. The molecule has 5 rings (SSSR count). The third-order valence-corrected chi connectivity index (χ3v) is 6.66. The highest BCUT2D eigenvalue weighted by Gasteiger charge is 2.23. The van der Waals surface area contributed by atoms with Gasteiger partial charge in [-0.2, -0.15) is 9.78 Å². The van der Waals surface area contributed by atoms with Gasteiger partial charge in [-0.3, -0.25) is 4.98 Å². The number of aromatic nitrogens is 3. The van der Waals surface area contributed by atoms with Crippen molar-refractivity contribution in [2.75, 3.05) is 18.6 Å². The smallest absolute Gasteiger partial charge is 0.435 e. The van der Waals surface area contributed by atoms with Crippen molar-refractivity contribution in [2.24, 2.45) is 0 Å². The number of rotatable bonds is 5. The standard InChI is InChI=1S/C29H32N4O5/c1-18-7-6-10-32(18)22-12-20-13-23(26(36-5)14-24(20)30-16-22)27(34)37-17-19-8-9-25-21(11-19)15-31-33(25)28(35)38-29(2,3)4/h8-9,11-16,18H,6-7,10,17H2,1-5H3/t18-/m0/s1. The van der Waals surface area contributed by atoms with Crippen molar-refractivity contribution in [3.05, 3.63) is 59.9 Å². The Morgan fingerprint density at radius 3 is 2.61 bits per heavy atom. The second-order valence-corrected chi connectivity index (χ2v) is 10.6. The van der Waals surface area contributed by atoms with Crippen LogP contribution in [0.5, 0.6) is 5.75 Å². The van der Waals surface area contributed by atoms with E-state index in [9.17, 15) is 9.59 Å². The highest BCUT2D eigenvalue weighted by molar-refractivity contribution is 5.98. The average molecular weight is 517 g/mol. The highest BCUT2D eigenvalue weighted by Crippen LogP contribution is 2.31. The predicted molar refractivity (Wildman–Crippen MR) is 145 cm³/mol. The predicted octanol–water partition coefficient (Wildman–Crippen LogP) is 5.72. The number of carbonyl (C=O) groups excluding carboxylic acids is 2. The molecule has 0 N–H and O–H groups in total. The summed E-state index contributed by atoms with van der Waals surface area (Å²) in [5.41, 5.74) is 2.89. The van der Waals surface area contributed by atoms with Gasteiger partial charge in [-0.15, -0.1) is 0 Å². The minimum Gasteiger partial charge on any atom is -0.496 e. The van der Waals surface area contributed by atoms with Crippen LogP contribution in [-0.2, 0) is 16.1 Å². The molecule has 1 aliphatic heterocycles.